The van der Waals surface area contributed by atoms with Gasteiger partial charge < -0.3 is 0 Å². The Balaban J connectivity index is 1.92. The number of hydrogen-bond acceptors (Lipinski definition) is 4. The highest BCUT2D eigenvalue weighted by molar-refractivity contribution is 6.02. The molecule has 0 fully saturated rings. The van der Waals surface area contributed by atoms with Gasteiger partial charge in [0.15, 0.2) is 5.65 Å². The van der Waals surface area contributed by atoms with Crippen LogP contribution >= 0.6 is 0 Å². The van der Waals surface area contributed by atoms with Crippen molar-refractivity contribution in [1.82, 2.24) is 29.8 Å². The molecule has 6 nitrogen and oxygen atoms in total. The van der Waals surface area contributed by atoms with Gasteiger partial charge in [-0.1, -0.05) is 12.1 Å². The first-order valence-corrected chi connectivity index (χ1v) is 7.58. The molecule has 0 amide bonds. The summed E-state index contributed by atoms with van der Waals surface area (Å²) in [5, 5.41) is 13.0. The molecule has 5 aromatic rings. The first-order valence-electron chi connectivity index (χ1n) is 7.58. The fourth-order valence-corrected chi connectivity index (χ4v) is 3.03. The molecular formula is C18H12N6. The molecule has 0 spiro atoms. The van der Waals surface area contributed by atoms with Crippen molar-refractivity contribution in [2.24, 2.45) is 0 Å². The second-order valence-corrected chi connectivity index (χ2v) is 5.48. The second-order valence-electron chi connectivity index (χ2n) is 5.48. The lowest BCUT2D eigenvalue weighted by molar-refractivity contribution is 0.943. The summed E-state index contributed by atoms with van der Waals surface area (Å²) in [6, 6.07) is 11.9. The third-order valence-electron chi connectivity index (χ3n) is 4.10. The molecule has 114 valence electrons. The van der Waals surface area contributed by atoms with Crippen LogP contribution < -0.4 is 0 Å². The van der Waals surface area contributed by atoms with Crippen molar-refractivity contribution in [3.8, 4) is 22.4 Å². The fraction of sp³-hybridized carbons (Fsp3) is 0. The first-order chi connectivity index (χ1) is 11.9. The maximum atomic E-state index is 4.75. The Bertz CT molecular complexity index is 1160. The van der Waals surface area contributed by atoms with E-state index in [-0.39, 0.29) is 0 Å². The van der Waals surface area contributed by atoms with Gasteiger partial charge in [0.05, 0.1) is 17.3 Å². The van der Waals surface area contributed by atoms with Crippen molar-refractivity contribution in [3.05, 3.63) is 67.4 Å². The number of pyridine rings is 1. The molecule has 0 saturated carbocycles. The Morgan fingerprint density at radius 2 is 1.88 bits per heavy atom. The van der Waals surface area contributed by atoms with E-state index in [4.69, 9.17) is 5.10 Å². The van der Waals surface area contributed by atoms with Crippen LogP contribution in [0, 0.1) is 0 Å². The van der Waals surface area contributed by atoms with Crippen LogP contribution in [0.4, 0.5) is 0 Å². The molecular weight excluding hydrogens is 300 g/mol. The standard InChI is InChI=1S/C18H12N6/c1-3-13(14-11-21-22-15(14)4-1)16-17(12-5-8-19-9-6-12)23-24-10-2-7-20-18(16)24/h1-11H,(H,21,22). The van der Waals surface area contributed by atoms with Crippen molar-refractivity contribution >= 4 is 16.6 Å². The minimum atomic E-state index is 0.818. The molecule has 4 heterocycles. The molecule has 6 heteroatoms. The lowest BCUT2D eigenvalue weighted by Gasteiger charge is -2.04. The highest BCUT2D eigenvalue weighted by Gasteiger charge is 2.19. The zero-order valence-electron chi connectivity index (χ0n) is 12.6. The van der Waals surface area contributed by atoms with Gasteiger partial charge in [-0.3, -0.25) is 10.1 Å². The van der Waals surface area contributed by atoms with Gasteiger partial charge in [-0.15, -0.1) is 0 Å². The topological polar surface area (TPSA) is 71.8 Å². The van der Waals surface area contributed by atoms with Gasteiger partial charge >= 0.3 is 0 Å². The third-order valence-corrected chi connectivity index (χ3v) is 4.10. The lowest BCUT2D eigenvalue weighted by atomic mass is 9.99. The number of benzene rings is 1. The summed E-state index contributed by atoms with van der Waals surface area (Å²) in [5.74, 6) is 0. The molecule has 0 aliphatic heterocycles. The molecule has 5 rings (SSSR count). The van der Waals surface area contributed by atoms with Crippen LogP contribution in [0.25, 0.3) is 38.9 Å². The quantitative estimate of drug-likeness (QED) is 0.542. The molecule has 0 aliphatic rings. The zero-order valence-corrected chi connectivity index (χ0v) is 12.6. The number of nitrogens with zero attached hydrogens (tertiary/aromatic N) is 5. The van der Waals surface area contributed by atoms with E-state index in [1.165, 1.54) is 0 Å². The number of aromatic amines is 1. The molecule has 0 radical (unpaired) electrons. The summed E-state index contributed by atoms with van der Waals surface area (Å²) in [6.45, 7) is 0. The molecule has 0 bridgehead atoms. The third kappa shape index (κ3) is 1.83. The van der Waals surface area contributed by atoms with Crippen LogP contribution in [-0.4, -0.2) is 29.8 Å². The van der Waals surface area contributed by atoms with Crippen LogP contribution in [0.5, 0.6) is 0 Å². The van der Waals surface area contributed by atoms with Gasteiger partial charge in [0.2, 0.25) is 0 Å². The van der Waals surface area contributed by atoms with Crippen LogP contribution in [-0.2, 0) is 0 Å². The number of rotatable bonds is 2. The highest BCUT2D eigenvalue weighted by Crippen LogP contribution is 2.37. The largest absolute Gasteiger partial charge is 0.278 e. The number of H-pyrrole nitrogens is 1. The van der Waals surface area contributed by atoms with E-state index in [1.54, 1.807) is 18.6 Å². The molecule has 1 N–H and O–H groups in total. The van der Waals surface area contributed by atoms with Gasteiger partial charge in [0.25, 0.3) is 0 Å². The van der Waals surface area contributed by atoms with E-state index in [1.807, 2.05) is 47.2 Å². The lowest BCUT2D eigenvalue weighted by Crippen LogP contribution is -1.87. The minimum absolute atomic E-state index is 0.818. The number of hydrogen-bond donors (Lipinski definition) is 1. The summed E-state index contributed by atoms with van der Waals surface area (Å²) in [7, 11) is 0. The zero-order chi connectivity index (χ0) is 15.9. The van der Waals surface area contributed by atoms with E-state index in [2.05, 4.69) is 26.2 Å². The summed E-state index contributed by atoms with van der Waals surface area (Å²) < 4.78 is 1.81. The molecule has 1 aromatic carbocycles. The van der Waals surface area contributed by atoms with E-state index >= 15 is 0 Å². The Morgan fingerprint density at radius 3 is 2.79 bits per heavy atom. The number of fused-ring (bicyclic) bond motifs is 2. The van der Waals surface area contributed by atoms with Gasteiger partial charge in [0, 0.05) is 35.7 Å². The van der Waals surface area contributed by atoms with Crippen molar-refractivity contribution in [1.29, 1.82) is 0 Å². The predicted molar refractivity (Wildman–Crippen MR) is 91.3 cm³/mol. The maximum absolute atomic E-state index is 4.75. The van der Waals surface area contributed by atoms with E-state index in [9.17, 15) is 0 Å². The summed E-state index contributed by atoms with van der Waals surface area (Å²) in [6.07, 6.45) is 9.08. The molecule has 0 aliphatic carbocycles. The minimum Gasteiger partial charge on any atom is -0.278 e. The van der Waals surface area contributed by atoms with E-state index in [0.29, 0.717) is 0 Å². The summed E-state index contributed by atoms with van der Waals surface area (Å²) in [4.78, 5) is 8.65. The summed E-state index contributed by atoms with van der Waals surface area (Å²) >= 11 is 0. The Hall–Kier alpha value is -3.54. The molecule has 4 aromatic heterocycles. The summed E-state index contributed by atoms with van der Waals surface area (Å²) in [5.41, 5.74) is 5.74. The van der Waals surface area contributed by atoms with Crippen molar-refractivity contribution in [2.75, 3.05) is 0 Å². The Morgan fingerprint density at radius 1 is 0.958 bits per heavy atom. The maximum Gasteiger partial charge on any atom is 0.163 e. The van der Waals surface area contributed by atoms with Crippen LogP contribution in [0.1, 0.15) is 0 Å². The Kier molecular flexibility index (Phi) is 2.69. The van der Waals surface area contributed by atoms with Gasteiger partial charge in [-0.2, -0.15) is 10.2 Å². The predicted octanol–water partition coefficient (Wildman–Crippen LogP) is 3.33. The normalized spacial score (nSPS) is 11.3. The second kappa shape index (κ2) is 4.99. The monoisotopic (exact) mass is 312 g/mol. The van der Waals surface area contributed by atoms with Gasteiger partial charge in [-0.25, -0.2) is 9.50 Å². The molecule has 24 heavy (non-hydrogen) atoms. The van der Waals surface area contributed by atoms with E-state index < -0.39 is 0 Å². The van der Waals surface area contributed by atoms with Gasteiger partial charge in [0.1, 0.15) is 5.69 Å². The number of nitrogens with one attached hydrogen (secondary N) is 1. The average Bonchev–Trinajstić information content (AvgIpc) is 3.27. The highest BCUT2D eigenvalue weighted by atomic mass is 15.2. The van der Waals surface area contributed by atoms with E-state index in [0.717, 1.165) is 38.9 Å². The smallest absolute Gasteiger partial charge is 0.163 e. The van der Waals surface area contributed by atoms with Crippen LogP contribution in [0.3, 0.4) is 0 Å². The van der Waals surface area contributed by atoms with Crippen molar-refractivity contribution in [2.45, 2.75) is 0 Å². The first kappa shape index (κ1) is 13.0. The Labute approximate surface area is 136 Å². The van der Waals surface area contributed by atoms with Crippen molar-refractivity contribution < 1.29 is 0 Å². The average molecular weight is 312 g/mol. The molecule has 0 atom stereocenters. The molecule has 0 unspecified atom stereocenters. The SMILES string of the molecule is c1cc(-c2c(-c3ccncc3)nn3cccnc23)c2cn[nH]c2c1. The molecule has 0 saturated heterocycles. The van der Waals surface area contributed by atoms with Gasteiger partial charge in [-0.05, 0) is 29.8 Å². The van der Waals surface area contributed by atoms with Crippen LogP contribution in [0.2, 0.25) is 0 Å². The number of aromatic nitrogens is 6. The van der Waals surface area contributed by atoms with Crippen molar-refractivity contribution in [3.63, 3.8) is 0 Å². The fourth-order valence-electron chi connectivity index (χ4n) is 3.03. The van der Waals surface area contributed by atoms with Crippen LogP contribution in [0.15, 0.2) is 67.4 Å².